The molecule has 0 radical (unpaired) electrons. The van der Waals surface area contributed by atoms with E-state index in [-0.39, 0.29) is 18.1 Å². The van der Waals surface area contributed by atoms with Crippen molar-refractivity contribution in [2.45, 2.75) is 44.3 Å². The Morgan fingerprint density at radius 1 is 1.02 bits per heavy atom. The van der Waals surface area contributed by atoms with Crippen LogP contribution in [0.15, 0.2) is 73.2 Å². The van der Waals surface area contributed by atoms with Crippen LogP contribution >= 0.6 is 11.3 Å². The van der Waals surface area contributed by atoms with E-state index in [0.717, 1.165) is 41.7 Å². The second-order valence-electron chi connectivity index (χ2n) is 10.7. The summed E-state index contributed by atoms with van der Waals surface area (Å²) in [7, 11) is 1.84. The number of carbonyl (C=O) groups excluding carboxylic acids is 1. The van der Waals surface area contributed by atoms with Crippen LogP contribution in [0, 0.1) is 22.7 Å². The quantitative estimate of drug-likeness (QED) is 0.237. The Morgan fingerprint density at radius 2 is 1.84 bits per heavy atom. The fraction of sp³-hybridized carbons (Fsp3) is 0.250. The largest absolute Gasteiger partial charge is 0.351 e. The van der Waals surface area contributed by atoms with Crippen LogP contribution in [0.4, 0.5) is 16.6 Å². The van der Waals surface area contributed by atoms with Crippen molar-refractivity contribution in [2.75, 3.05) is 10.2 Å². The lowest BCUT2D eigenvalue weighted by atomic mass is 9.90. The van der Waals surface area contributed by atoms with Crippen LogP contribution in [-0.4, -0.2) is 48.1 Å². The minimum atomic E-state index is -0.230. The van der Waals surface area contributed by atoms with Gasteiger partial charge in [0.25, 0.3) is 0 Å². The predicted molar refractivity (Wildman–Crippen MR) is 170 cm³/mol. The van der Waals surface area contributed by atoms with Gasteiger partial charge in [0.2, 0.25) is 5.95 Å². The van der Waals surface area contributed by atoms with Crippen molar-refractivity contribution in [1.29, 1.82) is 10.5 Å². The maximum Gasteiger partial charge on any atom is 0.323 e. The molecule has 1 aliphatic rings. The number of aromatic nitrogens is 6. The predicted octanol–water partition coefficient (Wildman–Crippen LogP) is 5.28. The first-order valence-corrected chi connectivity index (χ1v) is 15.3. The Hall–Kier alpha value is -5.66. The third kappa shape index (κ3) is 6.79. The van der Waals surface area contributed by atoms with Crippen LogP contribution in [0.2, 0.25) is 0 Å². The van der Waals surface area contributed by atoms with Gasteiger partial charge in [-0.05, 0) is 55.5 Å². The summed E-state index contributed by atoms with van der Waals surface area (Å²) in [5.41, 5.74) is 3.39. The number of benzene rings is 1. The van der Waals surface area contributed by atoms with Crippen LogP contribution in [0.1, 0.15) is 41.7 Å². The Labute approximate surface area is 264 Å². The van der Waals surface area contributed by atoms with E-state index in [1.165, 1.54) is 17.5 Å². The fourth-order valence-electron chi connectivity index (χ4n) is 5.38. The fourth-order valence-corrected chi connectivity index (χ4v) is 6.19. The minimum Gasteiger partial charge on any atom is -0.351 e. The van der Waals surface area contributed by atoms with E-state index in [4.69, 9.17) is 0 Å². The summed E-state index contributed by atoms with van der Waals surface area (Å²) in [5, 5.41) is 38.4. The summed E-state index contributed by atoms with van der Waals surface area (Å²) in [6.45, 7) is 0.396. The molecule has 224 valence electrons. The average Bonchev–Trinajstić information content (AvgIpc) is 3.75. The van der Waals surface area contributed by atoms with E-state index in [1.54, 1.807) is 27.9 Å². The molecule has 4 aromatic heterocycles. The number of anilines is 2. The van der Waals surface area contributed by atoms with Crippen LogP contribution in [0.3, 0.4) is 0 Å². The molecule has 2 amide bonds. The molecule has 1 aromatic carbocycles. The van der Waals surface area contributed by atoms with E-state index in [0.29, 0.717) is 40.1 Å². The Bertz CT molecular complexity index is 1860. The number of rotatable bonds is 8. The van der Waals surface area contributed by atoms with Crippen molar-refractivity contribution in [3.05, 3.63) is 89.2 Å². The maximum absolute atomic E-state index is 13.7. The van der Waals surface area contributed by atoms with Gasteiger partial charge >= 0.3 is 6.03 Å². The maximum atomic E-state index is 13.7. The summed E-state index contributed by atoms with van der Waals surface area (Å²) in [6, 6.07) is 21.0. The molecule has 1 saturated carbocycles. The molecule has 45 heavy (non-hydrogen) atoms. The normalized spacial score (nSPS) is 15.9. The first-order chi connectivity index (χ1) is 22.0. The lowest BCUT2D eigenvalue weighted by molar-refractivity contribution is 0.240. The van der Waals surface area contributed by atoms with Crippen molar-refractivity contribution in [3.8, 4) is 34.0 Å². The molecule has 0 saturated heterocycles. The lowest BCUT2D eigenvalue weighted by Gasteiger charge is -2.36. The second-order valence-corrected chi connectivity index (χ2v) is 11.8. The van der Waals surface area contributed by atoms with Crippen molar-refractivity contribution in [3.63, 3.8) is 0 Å². The first kappa shape index (κ1) is 29.4. The van der Waals surface area contributed by atoms with E-state index >= 15 is 0 Å². The van der Waals surface area contributed by atoms with E-state index in [1.807, 2.05) is 55.7 Å². The van der Waals surface area contributed by atoms with Gasteiger partial charge in [-0.15, -0.1) is 21.5 Å². The number of thiophene rings is 1. The van der Waals surface area contributed by atoms with E-state index in [9.17, 15) is 15.3 Å². The third-order valence-electron chi connectivity index (χ3n) is 7.66. The summed E-state index contributed by atoms with van der Waals surface area (Å²) < 4.78 is 1.71. The summed E-state index contributed by atoms with van der Waals surface area (Å²) in [6.07, 6.45) is 8.09. The van der Waals surface area contributed by atoms with Gasteiger partial charge in [0.15, 0.2) is 5.82 Å². The van der Waals surface area contributed by atoms with Gasteiger partial charge in [0.1, 0.15) is 22.7 Å². The minimum absolute atomic E-state index is 0.0771. The molecular weight excluding hydrogens is 586 g/mol. The average molecular weight is 616 g/mol. The number of nitrogens with zero attached hydrogens (tertiary/aromatic N) is 9. The van der Waals surface area contributed by atoms with Crippen LogP contribution in [-0.2, 0) is 13.6 Å². The molecule has 0 aliphatic heterocycles. The van der Waals surface area contributed by atoms with Gasteiger partial charge in [-0.3, -0.25) is 9.58 Å². The first-order valence-electron chi connectivity index (χ1n) is 14.5. The monoisotopic (exact) mass is 615 g/mol. The number of amides is 2. The molecule has 4 heterocycles. The standard InChI is InChI=1S/C32H29N11OS/c1-42-20-23(19-37-42)27-12-14-29(41-40-27)43(32(44)36-17-21-5-3-2-4-6-21)25-9-7-24(8-10-25)38-31-35-18-22(15-33)30(39-31)28-13-11-26(16-34)45-28/h2-6,11-14,18-20,24-25H,7-10,17H2,1H3,(H,36,44)(H,35,38,39)/t24-,25-. The Kier molecular flexibility index (Phi) is 8.71. The number of hydrogen-bond acceptors (Lipinski definition) is 10. The summed E-state index contributed by atoms with van der Waals surface area (Å²) >= 11 is 1.29. The molecule has 1 aliphatic carbocycles. The van der Waals surface area contributed by atoms with Crippen LogP contribution in [0.5, 0.6) is 0 Å². The topological polar surface area (TPSA) is 161 Å². The molecule has 0 bridgehead atoms. The third-order valence-corrected chi connectivity index (χ3v) is 8.65. The Morgan fingerprint density at radius 3 is 2.51 bits per heavy atom. The highest BCUT2D eigenvalue weighted by molar-refractivity contribution is 7.16. The zero-order valence-corrected chi connectivity index (χ0v) is 25.3. The lowest BCUT2D eigenvalue weighted by Crippen LogP contribution is -2.49. The van der Waals surface area contributed by atoms with Crippen LogP contribution < -0.4 is 15.5 Å². The number of nitrogens with one attached hydrogen (secondary N) is 2. The number of carbonyl (C=O) groups is 1. The smallest absolute Gasteiger partial charge is 0.323 e. The highest BCUT2D eigenvalue weighted by atomic mass is 32.1. The van der Waals surface area contributed by atoms with E-state index < -0.39 is 0 Å². The van der Waals surface area contributed by atoms with Crippen molar-refractivity contribution < 1.29 is 4.79 Å². The zero-order valence-electron chi connectivity index (χ0n) is 24.5. The summed E-state index contributed by atoms with van der Waals surface area (Å²) in [5.74, 6) is 0.908. The number of aryl methyl sites for hydroxylation is 1. The molecular formula is C32H29N11OS. The SMILES string of the molecule is Cn1cc(-c2ccc(N(C(=O)NCc3ccccc3)[C@H]3CC[C@H](Nc4ncc(C#N)c(-c5ccc(C#N)s5)n4)CC3)nn2)cn1. The molecule has 6 rings (SSSR count). The zero-order chi connectivity index (χ0) is 31.2. The number of nitriles is 2. The van der Waals surface area contributed by atoms with Gasteiger partial charge in [0, 0.05) is 37.4 Å². The highest BCUT2D eigenvalue weighted by Crippen LogP contribution is 2.31. The van der Waals surface area contributed by atoms with Gasteiger partial charge in [-0.1, -0.05) is 30.3 Å². The van der Waals surface area contributed by atoms with Crippen LogP contribution in [0.25, 0.3) is 21.8 Å². The van der Waals surface area contributed by atoms with Gasteiger partial charge in [-0.25, -0.2) is 14.8 Å². The number of urea groups is 1. The molecule has 5 aromatic rings. The summed E-state index contributed by atoms with van der Waals surface area (Å²) in [4.78, 5) is 25.7. The highest BCUT2D eigenvalue weighted by Gasteiger charge is 2.31. The molecule has 0 spiro atoms. The number of hydrogen-bond donors (Lipinski definition) is 2. The van der Waals surface area contributed by atoms with Gasteiger partial charge in [0.05, 0.1) is 28.5 Å². The molecule has 12 nitrogen and oxygen atoms in total. The molecule has 1 fully saturated rings. The van der Waals surface area contributed by atoms with Crippen molar-refractivity contribution in [2.24, 2.45) is 7.05 Å². The molecule has 0 unspecified atom stereocenters. The van der Waals surface area contributed by atoms with Crippen molar-refractivity contribution in [1.82, 2.24) is 35.3 Å². The molecule has 13 heteroatoms. The van der Waals surface area contributed by atoms with Gasteiger partial charge < -0.3 is 10.6 Å². The van der Waals surface area contributed by atoms with Crippen molar-refractivity contribution >= 4 is 29.1 Å². The molecule has 0 atom stereocenters. The second kappa shape index (κ2) is 13.3. The van der Waals surface area contributed by atoms with E-state index in [2.05, 4.69) is 48.0 Å². The Balaban J connectivity index is 1.17. The van der Waals surface area contributed by atoms with Gasteiger partial charge in [-0.2, -0.15) is 15.6 Å². The molecule has 2 N–H and O–H groups in total.